The quantitative estimate of drug-likeness (QED) is 0.857. The number of nitrogens with zero attached hydrogens (tertiary/aromatic N) is 3. The molecule has 1 fully saturated rings. The van der Waals surface area contributed by atoms with Crippen LogP contribution in [0.15, 0.2) is 47.6 Å². The predicted octanol–water partition coefficient (Wildman–Crippen LogP) is 3.23. The zero-order valence-corrected chi connectivity index (χ0v) is 14.6. The minimum absolute atomic E-state index is 0.0861. The van der Waals surface area contributed by atoms with Gasteiger partial charge < -0.3 is 4.90 Å². The number of carbonyl (C=O) groups excluding carboxylic acids is 1. The molecule has 126 valence electrons. The smallest absolute Gasteiger partial charge is 0.236 e. The van der Waals surface area contributed by atoms with Gasteiger partial charge in [-0.05, 0) is 49.3 Å². The van der Waals surface area contributed by atoms with Gasteiger partial charge in [0.05, 0.1) is 5.25 Å². The largest absolute Gasteiger partial charge is 0.342 e. The maximum absolute atomic E-state index is 12.8. The van der Waals surface area contributed by atoms with Crippen molar-refractivity contribution in [2.45, 2.75) is 42.4 Å². The van der Waals surface area contributed by atoms with Gasteiger partial charge in [0.1, 0.15) is 0 Å². The number of aromatic nitrogens is 2. The minimum atomic E-state index is 0.0861. The third-order valence-corrected chi connectivity index (χ3v) is 6.48. The number of aryl methyl sites for hydroxylation is 1. The second-order valence-corrected chi connectivity index (χ2v) is 7.99. The van der Waals surface area contributed by atoms with Gasteiger partial charge in [0.2, 0.25) is 5.91 Å². The number of hydrogen-bond donors (Lipinski definition) is 0. The van der Waals surface area contributed by atoms with Crippen LogP contribution in [0.5, 0.6) is 0 Å². The van der Waals surface area contributed by atoms with Crippen LogP contribution in [0.4, 0.5) is 0 Å². The van der Waals surface area contributed by atoms with E-state index in [9.17, 15) is 4.79 Å². The van der Waals surface area contributed by atoms with E-state index in [1.54, 1.807) is 11.8 Å². The summed E-state index contributed by atoms with van der Waals surface area (Å²) in [6.45, 7) is 2.81. The number of amides is 1. The van der Waals surface area contributed by atoms with Crippen molar-refractivity contribution >= 4 is 17.7 Å². The van der Waals surface area contributed by atoms with Crippen molar-refractivity contribution in [1.82, 2.24) is 14.7 Å². The van der Waals surface area contributed by atoms with Crippen LogP contribution >= 0.6 is 11.8 Å². The summed E-state index contributed by atoms with van der Waals surface area (Å²) in [4.78, 5) is 16.2. The fourth-order valence-electron chi connectivity index (χ4n) is 3.71. The molecule has 3 heterocycles. The number of fused-ring (bicyclic) bond motifs is 1. The lowest BCUT2D eigenvalue weighted by Gasteiger charge is -2.33. The van der Waals surface area contributed by atoms with Gasteiger partial charge >= 0.3 is 0 Å². The van der Waals surface area contributed by atoms with Gasteiger partial charge in [0.15, 0.2) is 0 Å². The Hall–Kier alpha value is -1.75. The van der Waals surface area contributed by atoms with Crippen molar-refractivity contribution in [1.29, 1.82) is 0 Å². The van der Waals surface area contributed by atoms with E-state index in [4.69, 9.17) is 0 Å². The Morgan fingerprint density at radius 3 is 2.79 bits per heavy atom. The zero-order valence-electron chi connectivity index (χ0n) is 13.8. The van der Waals surface area contributed by atoms with Gasteiger partial charge in [-0.15, -0.1) is 11.8 Å². The van der Waals surface area contributed by atoms with Crippen LogP contribution in [0, 0.1) is 5.92 Å². The van der Waals surface area contributed by atoms with Crippen molar-refractivity contribution in [3.05, 3.63) is 48.3 Å². The third kappa shape index (κ3) is 3.36. The molecule has 5 heteroatoms. The molecule has 1 amide bonds. The van der Waals surface area contributed by atoms with Gasteiger partial charge in [-0.25, -0.2) is 0 Å². The van der Waals surface area contributed by atoms with Crippen LogP contribution in [0.2, 0.25) is 0 Å². The molecule has 2 aliphatic heterocycles. The maximum atomic E-state index is 12.8. The number of benzene rings is 1. The highest BCUT2D eigenvalue weighted by atomic mass is 32.2. The lowest BCUT2D eigenvalue weighted by molar-refractivity contribution is -0.131. The molecule has 2 aliphatic rings. The highest BCUT2D eigenvalue weighted by Gasteiger charge is 2.33. The number of rotatable bonds is 4. The fourth-order valence-corrected chi connectivity index (χ4v) is 4.99. The third-order valence-electron chi connectivity index (χ3n) is 5.17. The van der Waals surface area contributed by atoms with E-state index >= 15 is 0 Å². The SMILES string of the molecule is O=C([C@H]1Cc2ccccc2S1)N1CCC(CCn2cccn2)CC1. The van der Waals surface area contributed by atoms with Gasteiger partial charge in [-0.3, -0.25) is 9.48 Å². The first-order chi connectivity index (χ1) is 11.8. The molecular formula is C19H23N3OS. The topological polar surface area (TPSA) is 38.1 Å². The summed E-state index contributed by atoms with van der Waals surface area (Å²) in [7, 11) is 0. The van der Waals surface area contributed by atoms with Crippen LogP contribution in [0.25, 0.3) is 0 Å². The number of hydrogen-bond acceptors (Lipinski definition) is 3. The Bertz CT molecular complexity index is 667. The first kappa shape index (κ1) is 15.8. The van der Waals surface area contributed by atoms with Gasteiger partial charge in [0, 0.05) is 36.9 Å². The molecule has 0 saturated carbocycles. The Kier molecular flexibility index (Phi) is 4.60. The number of carbonyl (C=O) groups is 1. The molecule has 4 rings (SSSR count). The average Bonchev–Trinajstić information content (AvgIpc) is 3.29. The molecule has 4 nitrogen and oxygen atoms in total. The molecule has 0 radical (unpaired) electrons. The highest BCUT2D eigenvalue weighted by molar-refractivity contribution is 8.01. The van der Waals surface area contributed by atoms with Crippen LogP contribution in [-0.2, 0) is 17.8 Å². The average molecular weight is 341 g/mol. The molecule has 1 aromatic carbocycles. The first-order valence-electron chi connectivity index (χ1n) is 8.80. The molecule has 0 unspecified atom stereocenters. The van der Waals surface area contributed by atoms with Gasteiger partial charge in [0.25, 0.3) is 0 Å². The molecule has 0 spiro atoms. The summed E-state index contributed by atoms with van der Waals surface area (Å²) < 4.78 is 2.00. The van der Waals surface area contributed by atoms with E-state index in [0.29, 0.717) is 11.8 Å². The Labute approximate surface area is 147 Å². The van der Waals surface area contributed by atoms with Crippen molar-refractivity contribution < 1.29 is 4.79 Å². The summed E-state index contributed by atoms with van der Waals surface area (Å²) in [5, 5.41) is 4.35. The Morgan fingerprint density at radius 1 is 1.21 bits per heavy atom. The molecule has 2 aromatic rings. The van der Waals surface area contributed by atoms with Crippen LogP contribution < -0.4 is 0 Å². The van der Waals surface area contributed by atoms with E-state index in [-0.39, 0.29) is 5.25 Å². The van der Waals surface area contributed by atoms with E-state index < -0.39 is 0 Å². The molecular weight excluding hydrogens is 318 g/mol. The standard InChI is InChI=1S/C19H23N3OS/c23-19(18-14-16-4-1-2-5-17(16)24-18)21-11-6-15(7-12-21)8-13-22-10-3-9-20-22/h1-5,9-10,15,18H,6-8,11-14H2/t18-/m1/s1. The molecule has 0 aliphatic carbocycles. The number of likely N-dealkylation sites (tertiary alicyclic amines) is 1. The normalized spacial score (nSPS) is 21.0. The molecule has 1 atom stereocenters. The molecule has 0 N–H and O–H groups in total. The van der Waals surface area contributed by atoms with Crippen molar-refractivity contribution in [2.24, 2.45) is 5.92 Å². The van der Waals surface area contributed by atoms with Gasteiger partial charge in [-0.1, -0.05) is 18.2 Å². The van der Waals surface area contributed by atoms with E-state index in [1.807, 2.05) is 23.1 Å². The second-order valence-electron chi connectivity index (χ2n) is 6.74. The zero-order chi connectivity index (χ0) is 16.4. The Balaban J connectivity index is 1.26. The van der Waals surface area contributed by atoms with Gasteiger partial charge in [-0.2, -0.15) is 5.10 Å². The maximum Gasteiger partial charge on any atom is 0.236 e. The summed E-state index contributed by atoms with van der Waals surface area (Å²) in [5.41, 5.74) is 1.33. The van der Waals surface area contributed by atoms with Crippen LogP contribution in [0.3, 0.4) is 0 Å². The highest BCUT2D eigenvalue weighted by Crippen LogP contribution is 2.38. The summed E-state index contributed by atoms with van der Waals surface area (Å²) in [5.74, 6) is 1.05. The van der Waals surface area contributed by atoms with Crippen molar-refractivity contribution in [2.75, 3.05) is 13.1 Å². The monoisotopic (exact) mass is 341 g/mol. The van der Waals surface area contributed by atoms with Crippen molar-refractivity contribution in [3.63, 3.8) is 0 Å². The van der Waals surface area contributed by atoms with Crippen molar-refractivity contribution in [3.8, 4) is 0 Å². The second kappa shape index (κ2) is 7.01. The first-order valence-corrected chi connectivity index (χ1v) is 9.68. The number of piperidine rings is 1. The summed E-state index contributed by atoms with van der Waals surface area (Å²) in [6, 6.07) is 10.4. The Morgan fingerprint density at radius 2 is 2.04 bits per heavy atom. The van der Waals surface area contributed by atoms with E-state index in [2.05, 4.69) is 34.3 Å². The number of thioether (sulfide) groups is 1. The predicted molar refractivity (Wildman–Crippen MR) is 95.9 cm³/mol. The molecule has 24 heavy (non-hydrogen) atoms. The summed E-state index contributed by atoms with van der Waals surface area (Å²) in [6.07, 6.45) is 8.15. The fraction of sp³-hybridized carbons (Fsp3) is 0.474. The van der Waals surface area contributed by atoms with Crippen LogP contribution in [0.1, 0.15) is 24.8 Å². The molecule has 1 aromatic heterocycles. The molecule has 1 saturated heterocycles. The van der Waals surface area contributed by atoms with Crippen LogP contribution in [-0.4, -0.2) is 38.9 Å². The summed E-state index contributed by atoms with van der Waals surface area (Å²) >= 11 is 1.74. The molecule has 0 bridgehead atoms. The minimum Gasteiger partial charge on any atom is -0.342 e. The lowest BCUT2D eigenvalue weighted by atomic mass is 9.93. The lowest BCUT2D eigenvalue weighted by Crippen LogP contribution is -2.43. The van der Waals surface area contributed by atoms with E-state index in [0.717, 1.165) is 45.3 Å². The van der Waals surface area contributed by atoms with E-state index in [1.165, 1.54) is 10.5 Å².